The quantitative estimate of drug-likeness (QED) is 0.639. The zero-order valence-electron chi connectivity index (χ0n) is 7.01. The van der Waals surface area contributed by atoms with Crippen LogP contribution in [0.15, 0.2) is 0 Å². The third-order valence-corrected chi connectivity index (χ3v) is 2.40. The second-order valence-corrected chi connectivity index (χ2v) is 4.02. The molecule has 0 aliphatic heterocycles. The summed E-state index contributed by atoms with van der Waals surface area (Å²) < 4.78 is 0. The molecule has 1 saturated carbocycles. The Morgan fingerprint density at radius 2 is 1.90 bits per heavy atom. The lowest BCUT2D eigenvalue weighted by molar-refractivity contribution is 0.0944. The fourth-order valence-electron chi connectivity index (χ4n) is 1.88. The molecule has 1 heteroatoms. The minimum Gasteiger partial charge on any atom is -0.396 e. The van der Waals surface area contributed by atoms with Crippen molar-refractivity contribution in [2.45, 2.75) is 33.1 Å². The molecule has 0 unspecified atom stereocenters. The summed E-state index contributed by atoms with van der Waals surface area (Å²) >= 11 is 0. The van der Waals surface area contributed by atoms with Crippen LogP contribution in [0.4, 0.5) is 0 Å². The smallest absolute Gasteiger partial charge is 0.0459 e. The van der Waals surface area contributed by atoms with E-state index in [1.54, 1.807) is 0 Å². The van der Waals surface area contributed by atoms with Crippen LogP contribution in [0.1, 0.15) is 33.1 Å². The number of aliphatic hydroxyl groups is 1. The lowest BCUT2D eigenvalue weighted by atomic mass is 9.72. The first-order chi connectivity index (χ1) is 4.72. The molecule has 1 aliphatic rings. The summed E-state index contributed by atoms with van der Waals surface area (Å²) in [6, 6.07) is 0. The molecule has 0 atom stereocenters. The van der Waals surface area contributed by atoms with E-state index in [0.717, 1.165) is 11.8 Å². The van der Waals surface area contributed by atoms with E-state index >= 15 is 0 Å². The van der Waals surface area contributed by atoms with E-state index in [1.165, 1.54) is 19.3 Å². The number of hydrogen-bond donors (Lipinski definition) is 1. The van der Waals surface area contributed by atoms with E-state index in [4.69, 9.17) is 5.11 Å². The van der Waals surface area contributed by atoms with Crippen LogP contribution in [-0.2, 0) is 0 Å². The Kier molecular flexibility index (Phi) is 2.72. The largest absolute Gasteiger partial charge is 0.396 e. The molecule has 0 aromatic rings. The van der Waals surface area contributed by atoms with Gasteiger partial charge < -0.3 is 5.11 Å². The Labute approximate surface area is 63.4 Å². The van der Waals surface area contributed by atoms with Crippen molar-refractivity contribution in [3.8, 4) is 0 Å². The van der Waals surface area contributed by atoms with Crippen molar-refractivity contribution in [2.24, 2.45) is 17.8 Å². The standard InChI is InChI=1S/C9H18O/c1-7(2)3-8-4-9(5-8)6-10/h7-10H,3-6H2,1-2H3. The fourth-order valence-corrected chi connectivity index (χ4v) is 1.88. The van der Waals surface area contributed by atoms with Crippen LogP contribution in [-0.4, -0.2) is 11.7 Å². The summed E-state index contributed by atoms with van der Waals surface area (Å²) in [6.07, 6.45) is 3.90. The van der Waals surface area contributed by atoms with Crippen molar-refractivity contribution in [1.29, 1.82) is 0 Å². The molecule has 0 bridgehead atoms. The van der Waals surface area contributed by atoms with Gasteiger partial charge in [0.05, 0.1) is 0 Å². The molecule has 60 valence electrons. The lowest BCUT2D eigenvalue weighted by Crippen LogP contribution is -2.27. The van der Waals surface area contributed by atoms with Crippen molar-refractivity contribution in [3.63, 3.8) is 0 Å². The highest BCUT2D eigenvalue weighted by atomic mass is 16.3. The highest BCUT2D eigenvalue weighted by Gasteiger charge is 2.28. The summed E-state index contributed by atoms with van der Waals surface area (Å²) in [5.74, 6) is 2.41. The topological polar surface area (TPSA) is 20.2 Å². The van der Waals surface area contributed by atoms with Crippen molar-refractivity contribution in [1.82, 2.24) is 0 Å². The van der Waals surface area contributed by atoms with Gasteiger partial charge in [0, 0.05) is 6.61 Å². The molecule has 1 rings (SSSR count). The minimum atomic E-state index is 0.411. The summed E-state index contributed by atoms with van der Waals surface area (Å²) in [7, 11) is 0. The van der Waals surface area contributed by atoms with Crippen LogP contribution in [0.3, 0.4) is 0 Å². The summed E-state index contributed by atoms with van der Waals surface area (Å²) in [5.41, 5.74) is 0. The van der Waals surface area contributed by atoms with E-state index in [2.05, 4.69) is 13.8 Å². The molecule has 10 heavy (non-hydrogen) atoms. The molecule has 0 aromatic heterocycles. The van der Waals surface area contributed by atoms with Gasteiger partial charge in [-0.3, -0.25) is 0 Å². The molecule has 1 fully saturated rings. The predicted molar refractivity (Wildman–Crippen MR) is 42.8 cm³/mol. The molecule has 0 saturated heterocycles. The molecule has 0 aromatic carbocycles. The van der Waals surface area contributed by atoms with Gasteiger partial charge in [-0.25, -0.2) is 0 Å². The van der Waals surface area contributed by atoms with Crippen molar-refractivity contribution in [3.05, 3.63) is 0 Å². The second-order valence-electron chi connectivity index (χ2n) is 4.02. The normalized spacial score (nSPS) is 32.4. The van der Waals surface area contributed by atoms with Crippen LogP contribution in [0.2, 0.25) is 0 Å². The first kappa shape index (κ1) is 8.06. The van der Waals surface area contributed by atoms with E-state index in [-0.39, 0.29) is 0 Å². The minimum absolute atomic E-state index is 0.411. The van der Waals surface area contributed by atoms with Crippen LogP contribution in [0.25, 0.3) is 0 Å². The van der Waals surface area contributed by atoms with E-state index in [1.807, 2.05) is 0 Å². The molecule has 1 aliphatic carbocycles. The van der Waals surface area contributed by atoms with Crippen molar-refractivity contribution in [2.75, 3.05) is 6.61 Å². The summed E-state index contributed by atoms with van der Waals surface area (Å²) in [6.45, 7) is 4.95. The van der Waals surface area contributed by atoms with Gasteiger partial charge in [-0.1, -0.05) is 13.8 Å². The van der Waals surface area contributed by atoms with Crippen LogP contribution in [0.5, 0.6) is 0 Å². The van der Waals surface area contributed by atoms with Crippen LogP contribution >= 0.6 is 0 Å². The Bertz CT molecular complexity index is 92.9. The monoisotopic (exact) mass is 142 g/mol. The number of rotatable bonds is 3. The summed E-state index contributed by atoms with van der Waals surface area (Å²) in [5, 5.41) is 8.74. The highest BCUT2D eigenvalue weighted by molar-refractivity contribution is 4.79. The zero-order valence-corrected chi connectivity index (χ0v) is 7.01. The molecular weight excluding hydrogens is 124 g/mol. The van der Waals surface area contributed by atoms with E-state index in [9.17, 15) is 0 Å². The van der Waals surface area contributed by atoms with Crippen molar-refractivity contribution >= 4 is 0 Å². The lowest BCUT2D eigenvalue weighted by Gasteiger charge is -2.35. The maximum absolute atomic E-state index is 8.74. The zero-order chi connectivity index (χ0) is 7.56. The fraction of sp³-hybridized carbons (Fsp3) is 1.00. The van der Waals surface area contributed by atoms with Crippen LogP contribution in [0, 0.1) is 17.8 Å². The Morgan fingerprint density at radius 1 is 1.30 bits per heavy atom. The van der Waals surface area contributed by atoms with Gasteiger partial charge in [-0.2, -0.15) is 0 Å². The molecule has 0 spiro atoms. The Hall–Kier alpha value is -0.0400. The molecule has 0 heterocycles. The average molecular weight is 142 g/mol. The summed E-state index contributed by atoms with van der Waals surface area (Å²) in [4.78, 5) is 0. The van der Waals surface area contributed by atoms with E-state index < -0.39 is 0 Å². The third-order valence-electron chi connectivity index (χ3n) is 2.40. The van der Waals surface area contributed by atoms with Gasteiger partial charge in [0.2, 0.25) is 0 Å². The van der Waals surface area contributed by atoms with Gasteiger partial charge in [-0.05, 0) is 37.0 Å². The number of hydrogen-bond acceptors (Lipinski definition) is 1. The predicted octanol–water partition coefficient (Wildman–Crippen LogP) is 2.05. The molecule has 0 amide bonds. The average Bonchev–Trinajstić information content (AvgIpc) is 1.76. The van der Waals surface area contributed by atoms with Gasteiger partial charge in [0.15, 0.2) is 0 Å². The SMILES string of the molecule is CC(C)CC1CC(CO)C1. The first-order valence-corrected chi connectivity index (χ1v) is 4.33. The third kappa shape index (κ3) is 1.98. The van der Waals surface area contributed by atoms with Gasteiger partial charge in [-0.15, -0.1) is 0 Å². The van der Waals surface area contributed by atoms with Crippen molar-refractivity contribution < 1.29 is 5.11 Å². The maximum atomic E-state index is 8.74. The molecule has 0 radical (unpaired) electrons. The number of aliphatic hydroxyl groups excluding tert-OH is 1. The highest BCUT2D eigenvalue weighted by Crippen LogP contribution is 2.37. The van der Waals surface area contributed by atoms with Crippen LogP contribution < -0.4 is 0 Å². The van der Waals surface area contributed by atoms with Gasteiger partial charge in [0.1, 0.15) is 0 Å². The van der Waals surface area contributed by atoms with Gasteiger partial charge >= 0.3 is 0 Å². The molecule has 1 nitrogen and oxygen atoms in total. The first-order valence-electron chi connectivity index (χ1n) is 4.33. The molecule has 1 N–H and O–H groups in total. The maximum Gasteiger partial charge on any atom is 0.0459 e. The Morgan fingerprint density at radius 3 is 2.30 bits per heavy atom. The van der Waals surface area contributed by atoms with Gasteiger partial charge in [0.25, 0.3) is 0 Å². The Balaban J connectivity index is 2.03. The molecular formula is C9H18O. The van der Waals surface area contributed by atoms with E-state index in [0.29, 0.717) is 12.5 Å². The second kappa shape index (κ2) is 3.38.